The van der Waals surface area contributed by atoms with Gasteiger partial charge in [0.05, 0.1) is 23.7 Å². The van der Waals surface area contributed by atoms with Crippen LogP contribution in [0, 0.1) is 6.92 Å². The highest BCUT2D eigenvalue weighted by Crippen LogP contribution is 2.33. The molecule has 3 aromatic rings. The number of hydrogen-bond donors (Lipinski definition) is 0. The molecule has 0 aromatic heterocycles. The first-order chi connectivity index (χ1) is 17.7. The van der Waals surface area contributed by atoms with E-state index in [1.54, 1.807) is 57.2 Å². The summed E-state index contributed by atoms with van der Waals surface area (Å²) in [6, 6.07) is 19.2. The number of rotatable bonds is 11. The molecule has 0 bridgehead atoms. The minimum absolute atomic E-state index is 0.0172. The largest absolute Gasteiger partial charge is 0.465 e. The summed E-state index contributed by atoms with van der Waals surface area (Å²) in [6.07, 6.45) is 0. The highest BCUT2D eigenvalue weighted by atomic mass is 32.2. The Balaban J connectivity index is 2.11. The first-order valence-corrected chi connectivity index (χ1v) is 13.4. The zero-order valence-corrected chi connectivity index (χ0v) is 22.2. The number of carbonyl (C=O) groups is 2. The van der Waals surface area contributed by atoms with E-state index in [1.807, 2.05) is 25.1 Å². The molecule has 9 heteroatoms. The van der Waals surface area contributed by atoms with Gasteiger partial charge in [0.15, 0.2) is 0 Å². The number of benzene rings is 3. The van der Waals surface area contributed by atoms with Crippen LogP contribution in [-0.2, 0) is 24.3 Å². The van der Waals surface area contributed by atoms with Gasteiger partial charge in [-0.25, -0.2) is 13.2 Å². The van der Waals surface area contributed by atoms with E-state index in [9.17, 15) is 18.0 Å². The van der Waals surface area contributed by atoms with Crippen molar-refractivity contribution in [2.45, 2.75) is 38.6 Å². The lowest BCUT2D eigenvalue weighted by molar-refractivity contribution is -0.143. The van der Waals surface area contributed by atoms with E-state index in [1.165, 1.54) is 18.2 Å². The Kier molecular flexibility index (Phi) is 9.43. The molecule has 0 N–H and O–H groups in total. The molecule has 0 aliphatic heterocycles. The van der Waals surface area contributed by atoms with Gasteiger partial charge in [-0.3, -0.25) is 4.79 Å². The highest BCUT2D eigenvalue weighted by molar-refractivity contribution is 7.89. The van der Waals surface area contributed by atoms with Crippen molar-refractivity contribution in [2.24, 2.45) is 0 Å². The van der Waals surface area contributed by atoms with Gasteiger partial charge in [-0.05, 0) is 75.7 Å². The average molecular weight is 526 g/mol. The number of para-hydroxylation sites is 1. The third-order valence-corrected chi connectivity index (χ3v) is 7.53. The summed E-state index contributed by atoms with van der Waals surface area (Å²) >= 11 is 0. The molecule has 0 saturated carbocycles. The second-order valence-corrected chi connectivity index (χ2v) is 10.1. The van der Waals surface area contributed by atoms with Crippen LogP contribution >= 0.6 is 0 Å². The van der Waals surface area contributed by atoms with Crippen molar-refractivity contribution in [2.75, 3.05) is 19.8 Å². The van der Waals surface area contributed by atoms with E-state index in [0.29, 0.717) is 17.1 Å². The van der Waals surface area contributed by atoms with E-state index in [4.69, 9.17) is 14.2 Å². The number of ether oxygens (including phenoxy) is 3. The Bertz CT molecular complexity index is 1320. The fourth-order valence-corrected chi connectivity index (χ4v) is 5.29. The Labute approximate surface area is 217 Å². The maximum Gasteiger partial charge on any atom is 0.338 e. The van der Waals surface area contributed by atoms with Gasteiger partial charge in [-0.15, -0.1) is 0 Å². The maximum absolute atomic E-state index is 13.8. The molecule has 0 aliphatic carbocycles. The minimum atomic E-state index is -4.17. The molecular weight excluding hydrogens is 494 g/mol. The first kappa shape index (κ1) is 27.9. The van der Waals surface area contributed by atoms with Gasteiger partial charge in [-0.2, -0.15) is 4.31 Å². The third-order valence-electron chi connectivity index (χ3n) is 5.60. The summed E-state index contributed by atoms with van der Waals surface area (Å²) in [7, 11) is -4.17. The Morgan fingerprint density at radius 3 is 2.14 bits per heavy atom. The molecule has 1 unspecified atom stereocenters. The molecule has 0 amide bonds. The number of sulfonamides is 1. The van der Waals surface area contributed by atoms with Crippen LogP contribution in [0.5, 0.6) is 11.5 Å². The molecule has 0 saturated heterocycles. The fourth-order valence-electron chi connectivity index (χ4n) is 3.73. The van der Waals surface area contributed by atoms with E-state index in [-0.39, 0.29) is 23.7 Å². The van der Waals surface area contributed by atoms with Gasteiger partial charge in [0.2, 0.25) is 10.0 Å². The van der Waals surface area contributed by atoms with Crippen LogP contribution in [0.1, 0.15) is 48.3 Å². The van der Waals surface area contributed by atoms with Crippen molar-refractivity contribution in [3.8, 4) is 11.5 Å². The number of carbonyl (C=O) groups excluding carboxylic acids is 2. The normalized spacial score (nSPS) is 12.1. The number of esters is 2. The van der Waals surface area contributed by atoms with Gasteiger partial charge < -0.3 is 14.2 Å². The van der Waals surface area contributed by atoms with Gasteiger partial charge >= 0.3 is 11.9 Å². The molecule has 3 rings (SSSR count). The Morgan fingerprint density at radius 1 is 0.865 bits per heavy atom. The zero-order valence-electron chi connectivity index (χ0n) is 21.3. The molecule has 0 fully saturated rings. The van der Waals surface area contributed by atoms with Crippen LogP contribution in [-0.4, -0.2) is 44.4 Å². The quantitative estimate of drug-likeness (QED) is 0.314. The van der Waals surface area contributed by atoms with Crippen LogP contribution in [0.2, 0.25) is 0 Å². The lowest BCUT2D eigenvalue weighted by atomic mass is 10.0. The molecular formula is C28H31NO7S. The maximum atomic E-state index is 13.8. The predicted molar refractivity (Wildman–Crippen MR) is 139 cm³/mol. The molecule has 0 radical (unpaired) electrons. The fraction of sp³-hybridized carbons (Fsp3) is 0.286. The molecule has 3 aromatic carbocycles. The summed E-state index contributed by atoms with van der Waals surface area (Å²) in [5.74, 6) is -0.357. The molecule has 8 nitrogen and oxygen atoms in total. The summed E-state index contributed by atoms with van der Waals surface area (Å²) in [5.41, 5.74) is 1.38. The van der Waals surface area contributed by atoms with Crippen LogP contribution in [0.25, 0.3) is 0 Å². The molecule has 0 spiro atoms. The minimum Gasteiger partial charge on any atom is -0.465 e. The highest BCUT2D eigenvalue weighted by Gasteiger charge is 2.34. The van der Waals surface area contributed by atoms with Crippen LogP contribution in [0.3, 0.4) is 0 Å². The average Bonchev–Trinajstić information content (AvgIpc) is 2.88. The van der Waals surface area contributed by atoms with Crippen LogP contribution < -0.4 is 4.74 Å². The first-order valence-electron chi connectivity index (χ1n) is 12.0. The number of aryl methyl sites for hydroxylation is 1. The lowest BCUT2D eigenvalue weighted by Crippen LogP contribution is -2.39. The molecule has 1 atom stereocenters. The van der Waals surface area contributed by atoms with Crippen molar-refractivity contribution in [3.05, 3.63) is 89.5 Å². The third kappa shape index (κ3) is 6.96. The topological polar surface area (TPSA) is 99.2 Å². The lowest BCUT2D eigenvalue weighted by Gasteiger charge is -2.29. The van der Waals surface area contributed by atoms with Crippen LogP contribution in [0.15, 0.2) is 77.7 Å². The molecule has 0 heterocycles. The zero-order chi connectivity index (χ0) is 27.0. The van der Waals surface area contributed by atoms with Gasteiger partial charge in [0.1, 0.15) is 18.0 Å². The van der Waals surface area contributed by atoms with Gasteiger partial charge in [-0.1, -0.05) is 35.9 Å². The Hall–Kier alpha value is -3.69. The van der Waals surface area contributed by atoms with Gasteiger partial charge in [0, 0.05) is 6.04 Å². The summed E-state index contributed by atoms with van der Waals surface area (Å²) < 4.78 is 44.8. The van der Waals surface area contributed by atoms with Gasteiger partial charge in [0.25, 0.3) is 0 Å². The standard InChI is InChI=1S/C28H31NO7S/c1-5-34-27(30)19-29(37(32,33)24-15-12-20(3)13-16-24)21(4)26-18-23(36-22-10-8-7-9-11-22)14-17-25(26)28(31)35-6-2/h7-18,21H,5-6,19H2,1-4H3. The molecule has 196 valence electrons. The van der Waals surface area contributed by atoms with E-state index in [2.05, 4.69) is 0 Å². The summed E-state index contributed by atoms with van der Waals surface area (Å²) in [6.45, 7) is 6.47. The monoisotopic (exact) mass is 525 g/mol. The second-order valence-electron chi connectivity index (χ2n) is 8.23. The van der Waals surface area contributed by atoms with Crippen molar-refractivity contribution < 1.29 is 32.2 Å². The molecule has 0 aliphatic rings. The number of nitrogens with zero attached hydrogens (tertiary/aromatic N) is 1. The SMILES string of the molecule is CCOC(=O)CN(C(C)c1cc(Oc2ccccc2)ccc1C(=O)OCC)S(=O)(=O)c1ccc(C)cc1. The van der Waals surface area contributed by atoms with Crippen molar-refractivity contribution in [3.63, 3.8) is 0 Å². The summed E-state index contributed by atoms with van der Waals surface area (Å²) in [4.78, 5) is 25.3. The van der Waals surface area contributed by atoms with Crippen molar-refractivity contribution >= 4 is 22.0 Å². The second kappa shape index (κ2) is 12.5. The Morgan fingerprint density at radius 2 is 1.51 bits per heavy atom. The molecule has 37 heavy (non-hydrogen) atoms. The number of hydrogen-bond acceptors (Lipinski definition) is 7. The van der Waals surface area contributed by atoms with E-state index >= 15 is 0 Å². The summed E-state index contributed by atoms with van der Waals surface area (Å²) in [5, 5.41) is 0. The van der Waals surface area contributed by atoms with Crippen molar-refractivity contribution in [1.29, 1.82) is 0 Å². The van der Waals surface area contributed by atoms with Crippen molar-refractivity contribution in [1.82, 2.24) is 4.31 Å². The van der Waals surface area contributed by atoms with E-state index < -0.39 is 34.5 Å². The predicted octanol–water partition coefficient (Wildman–Crippen LogP) is 5.28. The smallest absolute Gasteiger partial charge is 0.338 e. The van der Waals surface area contributed by atoms with E-state index in [0.717, 1.165) is 9.87 Å². The van der Waals surface area contributed by atoms with Crippen LogP contribution in [0.4, 0.5) is 0 Å².